The Bertz CT molecular complexity index is 962. The van der Waals surface area contributed by atoms with Gasteiger partial charge in [-0.2, -0.15) is 0 Å². The van der Waals surface area contributed by atoms with Crippen molar-refractivity contribution in [2.75, 3.05) is 11.9 Å². The van der Waals surface area contributed by atoms with Crippen molar-refractivity contribution < 1.29 is 23.9 Å². The van der Waals surface area contributed by atoms with Gasteiger partial charge in [0.1, 0.15) is 5.52 Å². The highest BCUT2D eigenvalue weighted by Gasteiger charge is 2.10. The monoisotopic (exact) mass is 353 g/mol. The molecule has 0 aliphatic carbocycles. The number of fused-ring (bicyclic) bond motifs is 1. The van der Waals surface area contributed by atoms with E-state index in [1.54, 1.807) is 42.5 Å². The number of hydrogen-bond acceptors (Lipinski definition) is 5. The van der Waals surface area contributed by atoms with Gasteiger partial charge < -0.3 is 20.2 Å². The van der Waals surface area contributed by atoms with Crippen molar-refractivity contribution in [2.24, 2.45) is 0 Å². The number of carbonyl (C=O) groups excluding carboxylic acids is 2. The van der Waals surface area contributed by atoms with Gasteiger partial charge in [-0.1, -0.05) is 0 Å². The van der Waals surface area contributed by atoms with Crippen LogP contribution in [0.3, 0.4) is 0 Å². The number of aliphatic carboxylic acids is 1. The van der Waals surface area contributed by atoms with E-state index in [0.717, 1.165) is 0 Å². The molecular formula is C18H15N3O5. The van der Waals surface area contributed by atoms with Crippen LogP contribution >= 0.6 is 0 Å². The van der Waals surface area contributed by atoms with Crippen molar-refractivity contribution >= 4 is 34.6 Å². The molecule has 2 amide bonds. The predicted molar refractivity (Wildman–Crippen MR) is 93.0 cm³/mol. The average molecular weight is 353 g/mol. The fourth-order valence-corrected chi connectivity index (χ4v) is 2.29. The number of nitrogens with one attached hydrogen (secondary N) is 2. The molecule has 1 heterocycles. The number of rotatable bonds is 6. The number of nitrogens with zero attached hydrogens (tertiary/aromatic N) is 1. The molecule has 3 rings (SSSR count). The normalized spacial score (nSPS) is 10.5. The molecule has 2 aromatic carbocycles. The van der Waals surface area contributed by atoms with Gasteiger partial charge in [-0.25, -0.2) is 4.98 Å². The van der Waals surface area contributed by atoms with Crippen LogP contribution in [0, 0.1) is 0 Å². The summed E-state index contributed by atoms with van der Waals surface area (Å²) in [5, 5.41) is 13.8. The minimum Gasteiger partial charge on any atom is -0.481 e. The van der Waals surface area contributed by atoms with Gasteiger partial charge in [0.25, 0.3) is 11.8 Å². The van der Waals surface area contributed by atoms with Crippen molar-refractivity contribution in [1.82, 2.24) is 10.3 Å². The van der Waals surface area contributed by atoms with E-state index < -0.39 is 5.97 Å². The third kappa shape index (κ3) is 4.04. The molecular weight excluding hydrogens is 338 g/mol. The first-order valence-corrected chi connectivity index (χ1v) is 7.77. The molecule has 0 saturated carbocycles. The topological polar surface area (TPSA) is 122 Å². The number of carbonyl (C=O) groups is 3. The Hall–Kier alpha value is -3.68. The van der Waals surface area contributed by atoms with Crippen LogP contribution in [-0.4, -0.2) is 34.4 Å². The zero-order valence-electron chi connectivity index (χ0n) is 13.6. The molecule has 8 nitrogen and oxygen atoms in total. The van der Waals surface area contributed by atoms with Crippen LogP contribution in [0.15, 0.2) is 53.3 Å². The standard InChI is InChI=1S/C18H15N3O5/c22-16(23)7-8-19-17(24)11-1-4-13(5-2-11)21-18(25)12-3-6-15-14(9-12)20-10-26-15/h1-6,9-10H,7-8H2,(H,19,24)(H,21,25)(H,22,23). The smallest absolute Gasteiger partial charge is 0.305 e. The maximum Gasteiger partial charge on any atom is 0.305 e. The van der Waals surface area contributed by atoms with Crippen molar-refractivity contribution in [1.29, 1.82) is 0 Å². The minimum atomic E-state index is -0.979. The lowest BCUT2D eigenvalue weighted by atomic mass is 10.1. The zero-order chi connectivity index (χ0) is 18.5. The molecule has 1 aromatic heterocycles. The van der Waals surface area contributed by atoms with Crippen molar-refractivity contribution in [2.45, 2.75) is 6.42 Å². The van der Waals surface area contributed by atoms with Crippen LogP contribution in [0.5, 0.6) is 0 Å². The van der Waals surface area contributed by atoms with Crippen molar-refractivity contribution in [3.8, 4) is 0 Å². The minimum absolute atomic E-state index is 0.0528. The number of carboxylic acids is 1. The van der Waals surface area contributed by atoms with Gasteiger partial charge >= 0.3 is 5.97 Å². The fourth-order valence-electron chi connectivity index (χ4n) is 2.29. The molecule has 26 heavy (non-hydrogen) atoms. The molecule has 0 radical (unpaired) electrons. The number of hydrogen-bond donors (Lipinski definition) is 3. The first kappa shape index (κ1) is 17.2. The molecule has 132 valence electrons. The van der Waals surface area contributed by atoms with Crippen LogP contribution in [0.4, 0.5) is 5.69 Å². The summed E-state index contributed by atoms with van der Waals surface area (Å²) in [7, 11) is 0. The van der Waals surface area contributed by atoms with E-state index in [1.807, 2.05) is 0 Å². The average Bonchev–Trinajstić information content (AvgIpc) is 3.09. The Balaban J connectivity index is 1.62. The number of benzene rings is 2. The van der Waals surface area contributed by atoms with E-state index >= 15 is 0 Å². The van der Waals surface area contributed by atoms with E-state index in [0.29, 0.717) is 27.9 Å². The predicted octanol–water partition coefficient (Wildman–Crippen LogP) is 2.28. The summed E-state index contributed by atoms with van der Waals surface area (Å²) in [6.07, 6.45) is 1.17. The summed E-state index contributed by atoms with van der Waals surface area (Å²) in [6, 6.07) is 11.2. The molecule has 0 atom stereocenters. The Labute approximate surface area is 147 Å². The SMILES string of the molecule is O=C(O)CCNC(=O)c1ccc(NC(=O)c2ccc3ocnc3c2)cc1. The van der Waals surface area contributed by atoms with Gasteiger partial charge in [0, 0.05) is 23.4 Å². The zero-order valence-corrected chi connectivity index (χ0v) is 13.6. The third-order valence-corrected chi connectivity index (χ3v) is 3.62. The second kappa shape index (κ2) is 7.47. The third-order valence-electron chi connectivity index (χ3n) is 3.62. The van der Waals surface area contributed by atoms with Gasteiger partial charge in [0.2, 0.25) is 0 Å². The molecule has 0 fully saturated rings. The number of carboxylic acid groups (broad SMARTS) is 1. The maximum absolute atomic E-state index is 12.3. The summed E-state index contributed by atoms with van der Waals surface area (Å²) in [4.78, 5) is 38.6. The van der Waals surface area contributed by atoms with E-state index in [1.165, 1.54) is 6.39 Å². The van der Waals surface area contributed by atoms with E-state index in [-0.39, 0.29) is 24.8 Å². The van der Waals surface area contributed by atoms with E-state index in [9.17, 15) is 14.4 Å². The van der Waals surface area contributed by atoms with Crippen LogP contribution in [0.2, 0.25) is 0 Å². The molecule has 0 bridgehead atoms. The highest BCUT2D eigenvalue weighted by molar-refractivity contribution is 6.06. The Morgan fingerprint density at radius 2 is 1.73 bits per heavy atom. The Morgan fingerprint density at radius 3 is 2.46 bits per heavy atom. The number of aromatic nitrogens is 1. The van der Waals surface area contributed by atoms with Gasteiger partial charge in [0.05, 0.1) is 6.42 Å². The lowest BCUT2D eigenvalue weighted by Gasteiger charge is -2.07. The molecule has 8 heteroatoms. The molecule has 0 aliphatic heterocycles. The number of anilines is 1. The second-order valence-electron chi connectivity index (χ2n) is 5.47. The molecule has 0 unspecified atom stereocenters. The highest BCUT2D eigenvalue weighted by atomic mass is 16.4. The molecule has 3 aromatic rings. The molecule has 0 saturated heterocycles. The molecule has 0 aliphatic rings. The molecule has 0 spiro atoms. The fraction of sp³-hybridized carbons (Fsp3) is 0.111. The van der Waals surface area contributed by atoms with Gasteiger partial charge in [-0.15, -0.1) is 0 Å². The summed E-state index contributed by atoms with van der Waals surface area (Å²) < 4.78 is 5.13. The van der Waals surface area contributed by atoms with Crippen molar-refractivity contribution in [3.63, 3.8) is 0 Å². The van der Waals surface area contributed by atoms with Gasteiger partial charge in [-0.3, -0.25) is 14.4 Å². The first-order valence-electron chi connectivity index (χ1n) is 7.77. The lowest BCUT2D eigenvalue weighted by Crippen LogP contribution is -2.25. The summed E-state index contributed by atoms with van der Waals surface area (Å²) >= 11 is 0. The highest BCUT2D eigenvalue weighted by Crippen LogP contribution is 2.16. The number of oxazole rings is 1. The maximum atomic E-state index is 12.3. The van der Waals surface area contributed by atoms with Crippen LogP contribution in [0.25, 0.3) is 11.1 Å². The lowest BCUT2D eigenvalue weighted by molar-refractivity contribution is -0.136. The largest absolute Gasteiger partial charge is 0.481 e. The van der Waals surface area contributed by atoms with Crippen molar-refractivity contribution in [3.05, 3.63) is 60.0 Å². The van der Waals surface area contributed by atoms with Gasteiger partial charge in [0.15, 0.2) is 12.0 Å². The summed E-state index contributed by atoms with van der Waals surface area (Å²) in [6.45, 7) is 0.0528. The summed E-state index contributed by atoms with van der Waals surface area (Å²) in [5.41, 5.74) is 2.52. The van der Waals surface area contributed by atoms with E-state index in [4.69, 9.17) is 9.52 Å². The summed E-state index contributed by atoms with van der Waals surface area (Å²) in [5.74, 6) is -1.67. The Morgan fingerprint density at radius 1 is 1.00 bits per heavy atom. The van der Waals surface area contributed by atoms with E-state index in [2.05, 4.69) is 15.6 Å². The second-order valence-corrected chi connectivity index (χ2v) is 5.47. The molecule has 3 N–H and O–H groups in total. The van der Waals surface area contributed by atoms with Crippen LogP contribution in [-0.2, 0) is 4.79 Å². The quantitative estimate of drug-likeness (QED) is 0.625. The van der Waals surface area contributed by atoms with Gasteiger partial charge in [-0.05, 0) is 42.5 Å². The number of amides is 2. The Kier molecular flexibility index (Phi) is 4.93. The van der Waals surface area contributed by atoms with Crippen LogP contribution in [0.1, 0.15) is 27.1 Å². The first-order chi connectivity index (χ1) is 12.5. The van der Waals surface area contributed by atoms with Crippen LogP contribution < -0.4 is 10.6 Å².